The van der Waals surface area contributed by atoms with Crippen LogP contribution in [0.5, 0.6) is 5.75 Å². The molecule has 0 aliphatic carbocycles. The molecule has 0 saturated heterocycles. The lowest BCUT2D eigenvalue weighted by Gasteiger charge is -2.15. The van der Waals surface area contributed by atoms with E-state index < -0.39 is 6.10 Å². The molecule has 1 unspecified atom stereocenters. The zero-order chi connectivity index (χ0) is 12.1. The standard InChI is InChI=1S/C12H20N2O2/c1-14(2)7-6-11(15)9-4-5-12(16-3)10(13)8-9/h4-5,8,11,15H,6-7,13H2,1-3H3. The van der Waals surface area contributed by atoms with Crippen molar-refractivity contribution in [3.8, 4) is 5.75 Å². The van der Waals surface area contributed by atoms with Crippen molar-refractivity contribution in [2.75, 3.05) is 33.5 Å². The zero-order valence-corrected chi connectivity index (χ0v) is 10.1. The first-order valence-electron chi connectivity index (χ1n) is 5.30. The van der Waals surface area contributed by atoms with Crippen LogP contribution in [0.3, 0.4) is 0 Å². The molecule has 1 atom stereocenters. The Hall–Kier alpha value is -1.26. The number of rotatable bonds is 5. The smallest absolute Gasteiger partial charge is 0.141 e. The topological polar surface area (TPSA) is 58.7 Å². The van der Waals surface area contributed by atoms with E-state index in [0.717, 1.165) is 12.1 Å². The van der Waals surface area contributed by atoms with Crippen molar-refractivity contribution in [2.24, 2.45) is 0 Å². The van der Waals surface area contributed by atoms with Gasteiger partial charge in [-0.25, -0.2) is 0 Å². The van der Waals surface area contributed by atoms with E-state index in [-0.39, 0.29) is 0 Å². The Kier molecular flexibility index (Phi) is 4.58. The van der Waals surface area contributed by atoms with Crippen molar-refractivity contribution in [3.63, 3.8) is 0 Å². The number of nitrogen functional groups attached to an aromatic ring is 1. The summed E-state index contributed by atoms with van der Waals surface area (Å²) in [4.78, 5) is 2.04. The van der Waals surface area contributed by atoms with Gasteiger partial charge in [0.1, 0.15) is 5.75 Å². The summed E-state index contributed by atoms with van der Waals surface area (Å²) in [5.41, 5.74) is 7.17. The Bertz CT molecular complexity index is 340. The molecule has 0 saturated carbocycles. The second-order valence-electron chi connectivity index (χ2n) is 4.11. The van der Waals surface area contributed by atoms with Crippen LogP contribution in [-0.2, 0) is 0 Å². The van der Waals surface area contributed by atoms with Crippen LogP contribution < -0.4 is 10.5 Å². The molecule has 4 heteroatoms. The molecule has 4 nitrogen and oxygen atoms in total. The number of aliphatic hydroxyl groups is 1. The second kappa shape index (κ2) is 5.72. The first kappa shape index (κ1) is 12.8. The average Bonchev–Trinajstić information content (AvgIpc) is 2.25. The van der Waals surface area contributed by atoms with Crippen LogP contribution in [0.15, 0.2) is 18.2 Å². The van der Waals surface area contributed by atoms with Crippen LogP contribution in [-0.4, -0.2) is 37.8 Å². The minimum atomic E-state index is -0.476. The van der Waals surface area contributed by atoms with Crippen LogP contribution in [0.1, 0.15) is 18.1 Å². The van der Waals surface area contributed by atoms with Gasteiger partial charge in [-0.2, -0.15) is 0 Å². The SMILES string of the molecule is COc1ccc(C(O)CCN(C)C)cc1N. The monoisotopic (exact) mass is 224 g/mol. The lowest BCUT2D eigenvalue weighted by atomic mass is 10.1. The summed E-state index contributed by atoms with van der Waals surface area (Å²) in [6.45, 7) is 0.840. The Morgan fingerprint density at radius 3 is 2.62 bits per heavy atom. The van der Waals surface area contributed by atoms with Gasteiger partial charge in [-0.05, 0) is 38.2 Å². The predicted molar refractivity (Wildman–Crippen MR) is 65.5 cm³/mol. The third-order valence-corrected chi connectivity index (χ3v) is 2.49. The predicted octanol–water partition coefficient (Wildman–Crippen LogP) is 1.26. The van der Waals surface area contributed by atoms with E-state index in [1.54, 1.807) is 19.2 Å². The van der Waals surface area contributed by atoms with E-state index in [9.17, 15) is 5.11 Å². The van der Waals surface area contributed by atoms with Crippen LogP contribution in [0, 0.1) is 0 Å². The molecule has 0 fully saturated rings. The van der Waals surface area contributed by atoms with Crippen molar-refractivity contribution in [2.45, 2.75) is 12.5 Å². The third kappa shape index (κ3) is 3.40. The number of hydrogen-bond acceptors (Lipinski definition) is 4. The quantitative estimate of drug-likeness (QED) is 0.739. The Morgan fingerprint density at radius 2 is 2.12 bits per heavy atom. The zero-order valence-electron chi connectivity index (χ0n) is 10.1. The van der Waals surface area contributed by atoms with Gasteiger partial charge in [-0.3, -0.25) is 0 Å². The van der Waals surface area contributed by atoms with Gasteiger partial charge in [0.2, 0.25) is 0 Å². The van der Waals surface area contributed by atoms with Crippen LogP contribution in [0.2, 0.25) is 0 Å². The number of nitrogens with zero attached hydrogens (tertiary/aromatic N) is 1. The fourth-order valence-corrected chi connectivity index (χ4v) is 1.51. The molecule has 1 aromatic rings. The van der Waals surface area contributed by atoms with Crippen molar-refractivity contribution < 1.29 is 9.84 Å². The molecule has 0 spiro atoms. The summed E-state index contributed by atoms with van der Waals surface area (Å²) in [5, 5.41) is 9.93. The van der Waals surface area contributed by atoms with Crippen LogP contribution >= 0.6 is 0 Å². The van der Waals surface area contributed by atoms with Crippen molar-refractivity contribution in [1.29, 1.82) is 0 Å². The Morgan fingerprint density at radius 1 is 1.44 bits per heavy atom. The number of hydrogen-bond donors (Lipinski definition) is 2. The summed E-state index contributed by atoms with van der Waals surface area (Å²) in [6, 6.07) is 5.39. The molecule has 1 aromatic carbocycles. The molecule has 1 rings (SSSR count). The summed E-state index contributed by atoms with van der Waals surface area (Å²) in [6.07, 6.45) is 0.217. The Balaban J connectivity index is 2.69. The summed E-state index contributed by atoms with van der Waals surface area (Å²) >= 11 is 0. The van der Waals surface area contributed by atoms with Gasteiger partial charge in [-0.15, -0.1) is 0 Å². The number of benzene rings is 1. The third-order valence-electron chi connectivity index (χ3n) is 2.49. The van der Waals surface area contributed by atoms with Gasteiger partial charge in [0.15, 0.2) is 0 Å². The molecule has 16 heavy (non-hydrogen) atoms. The molecule has 0 aromatic heterocycles. The number of methoxy groups -OCH3 is 1. The van der Waals surface area contributed by atoms with E-state index in [0.29, 0.717) is 17.9 Å². The largest absolute Gasteiger partial charge is 0.495 e. The molecule has 0 heterocycles. The number of ether oxygens (including phenoxy) is 1. The van der Waals surface area contributed by atoms with E-state index in [2.05, 4.69) is 0 Å². The molecular weight excluding hydrogens is 204 g/mol. The van der Waals surface area contributed by atoms with Gasteiger partial charge >= 0.3 is 0 Å². The van der Waals surface area contributed by atoms with Crippen molar-refractivity contribution in [3.05, 3.63) is 23.8 Å². The van der Waals surface area contributed by atoms with E-state index >= 15 is 0 Å². The van der Waals surface area contributed by atoms with Gasteiger partial charge in [0.25, 0.3) is 0 Å². The molecule has 0 bridgehead atoms. The van der Waals surface area contributed by atoms with Crippen LogP contribution in [0.4, 0.5) is 5.69 Å². The second-order valence-corrected chi connectivity index (χ2v) is 4.11. The first-order valence-corrected chi connectivity index (χ1v) is 5.30. The lowest BCUT2D eigenvalue weighted by molar-refractivity contribution is 0.154. The normalized spacial score (nSPS) is 12.8. The minimum Gasteiger partial charge on any atom is -0.495 e. The van der Waals surface area contributed by atoms with Gasteiger partial charge in [0.05, 0.1) is 18.9 Å². The highest BCUT2D eigenvalue weighted by atomic mass is 16.5. The maximum absolute atomic E-state index is 9.93. The van der Waals surface area contributed by atoms with E-state index in [4.69, 9.17) is 10.5 Å². The van der Waals surface area contributed by atoms with E-state index in [1.165, 1.54) is 0 Å². The highest BCUT2D eigenvalue weighted by Gasteiger charge is 2.09. The minimum absolute atomic E-state index is 0.476. The van der Waals surface area contributed by atoms with Gasteiger partial charge in [-0.1, -0.05) is 6.07 Å². The fourth-order valence-electron chi connectivity index (χ4n) is 1.51. The molecule has 0 amide bonds. The average molecular weight is 224 g/mol. The van der Waals surface area contributed by atoms with Crippen molar-refractivity contribution >= 4 is 5.69 Å². The summed E-state index contributed by atoms with van der Waals surface area (Å²) in [5.74, 6) is 0.642. The number of nitrogens with two attached hydrogens (primary N) is 1. The molecule has 0 radical (unpaired) electrons. The fraction of sp³-hybridized carbons (Fsp3) is 0.500. The molecule has 90 valence electrons. The molecule has 3 N–H and O–H groups in total. The maximum Gasteiger partial charge on any atom is 0.141 e. The first-order chi connectivity index (χ1) is 7.54. The molecule has 0 aliphatic heterocycles. The number of anilines is 1. The summed E-state index contributed by atoms with van der Waals surface area (Å²) < 4.78 is 5.06. The van der Waals surface area contributed by atoms with E-state index in [1.807, 2.05) is 25.1 Å². The van der Waals surface area contributed by atoms with Gasteiger partial charge < -0.3 is 20.5 Å². The maximum atomic E-state index is 9.93. The van der Waals surface area contributed by atoms with Gasteiger partial charge in [0, 0.05) is 6.54 Å². The van der Waals surface area contributed by atoms with Crippen LogP contribution in [0.25, 0.3) is 0 Å². The molecule has 0 aliphatic rings. The number of aliphatic hydroxyl groups excluding tert-OH is 1. The molecular formula is C12H20N2O2. The Labute approximate surface area is 96.6 Å². The lowest BCUT2D eigenvalue weighted by Crippen LogP contribution is -2.15. The highest BCUT2D eigenvalue weighted by molar-refractivity contribution is 5.54. The highest BCUT2D eigenvalue weighted by Crippen LogP contribution is 2.26. The van der Waals surface area contributed by atoms with Crippen molar-refractivity contribution in [1.82, 2.24) is 4.90 Å². The summed E-state index contributed by atoms with van der Waals surface area (Å²) in [7, 11) is 5.54.